The van der Waals surface area contributed by atoms with Crippen LogP contribution in [0.3, 0.4) is 0 Å². The molecule has 12 heavy (non-hydrogen) atoms. The smallest absolute Gasteiger partial charge is 0.157 e. The first kappa shape index (κ1) is 8.91. The molecule has 1 aromatic rings. The predicted molar refractivity (Wildman–Crippen MR) is 48.5 cm³/mol. The number of hydrogen-bond donors (Lipinski definition) is 2. The van der Waals surface area contributed by atoms with E-state index in [2.05, 4.69) is 0 Å². The van der Waals surface area contributed by atoms with Gasteiger partial charge < -0.3 is 10.2 Å². The number of hydrogen-bond acceptors (Lipinski definition) is 2. The van der Waals surface area contributed by atoms with Gasteiger partial charge in [0.1, 0.15) is 0 Å². The van der Waals surface area contributed by atoms with Crippen molar-refractivity contribution < 1.29 is 10.2 Å². The van der Waals surface area contributed by atoms with Crippen LogP contribution < -0.4 is 0 Å². The van der Waals surface area contributed by atoms with Crippen molar-refractivity contribution in [1.29, 1.82) is 0 Å². The van der Waals surface area contributed by atoms with Gasteiger partial charge in [-0.25, -0.2) is 0 Å². The van der Waals surface area contributed by atoms with Gasteiger partial charge in [-0.05, 0) is 36.1 Å². The second kappa shape index (κ2) is 3.48. The summed E-state index contributed by atoms with van der Waals surface area (Å²) in [5, 5.41) is 18.4. The van der Waals surface area contributed by atoms with Gasteiger partial charge >= 0.3 is 0 Å². The monoisotopic (exact) mass is 166 g/mol. The highest BCUT2D eigenvalue weighted by atomic mass is 16.3. The first-order chi connectivity index (χ1) is 5.69. The molecule has 2 N–H and O–H groups in total. The molecule has 0 heterocycles. The third-order valence-electron chi connectivity index (χ3n) is 2.06. The van der Waals surface area contributed by atoms with Crippen molar-refractivity contribution in [3.63, 3.8) is 0 Å². The molecule has 0 aliphatic rings. The second-order valence-corrected chi connectivity index (χ2v) is 2.82. The highest BCUT2D eigenvalue weighted by Gasteiger charge is 2.04. The van der Waals surface area contributed by atoms with Gasteiger partial charge in [0.2, 0.25) is 0 Å². The van der Waals surface area contributed by atoms with Gasteiger partial charge in [0.25, 0.3) is 0 Å². The van der Waals surface area contributed by atoms with Crippen molar-refractivity contribution in [2.24, 2.45) is 0 Å². The third-order valence-corrected chi connectivity index (χ3v) is 2.06. The Balaban J connectivity index is 3.19. The van der Waals surface area contributed by atoms with E-state index >= 15 is 0 Å². The summed E-state index contributed by atoms with van der Waals surface area (Å²) in [6.45, 7) is 4.07. The lowest BCUT2D eigenvalue weighted by atomic mass is 10.0. The minimum atomic E-state index is -0.0240. The van der Waals surface area contributed by atoms with Gasteiger partial charge in [-0.3, -0.25) is 0 Å². The summed E-state index contributed by atoms with van der Waals surface area (Å²) in [6, 6.07) is 3.27. The topological polar surface area (TPSA) is 40.5 Å². The summed E-state index contributed by atoms with van der Waals surface area (Å²) in [5.74, 6) is -0.0481. The molecule has 1 rings (SSSR count). The van der Waals surface area contributed by atoms with Crippen LogP contribution in [0.25, 0.3) is 0 Å². The molecule has 1 aromatic carbocycles. The van der Waals surface area contributed by atoms with E-state index in [-0.39, 0.29) is 11.5 Å². The predicted octanol–water partition coefficient (Wildman–Crippen LogP) is 2.22. The first-order valence-corrected chi connectivity index (χ1v) is 4.22. The molecular weight excluding hydrogens is 152 g/mol. The Kier molecular flexibility index (Phi) is 2.58. The Bertz CT molecular complexity index is 250. The van der Waals surface area contributed by atoms with Crippen LogP contribution in [0.4, 0.5) is 0 Å². The zero-order valence-corrected chi connectivity index (χ0v) is 7.46. The van der Waals surface area contributed by atoms with Crippen molar-refractivity contribution in [3.05, 3.63) is 23.3 Å². The van der Waals surface area contributed by atoms with Gasteiger partial charge in [0, 0.05) is 0 Å². The Morgan fingerprint density at radius 3 is 1.50 bits per heavy atom. The molecule has 0 radical (unpaired) electrons. The van der Waals surface area contributed by atoms with E-state index in [4.69, 9.17) is 0 Å². The molecule has 0 spiro atoms. The Morgan fingerprint density at radius 1 is 0.917 bits per heavy atom. The molecule has 0 fully saturated rings. The molecule has 2 heteroatoms. The van der Waals surface area contributed by atoms with E-state index in [9.17, 15) is 10.2 Å². The molecule has 0 saturated carbocycles. The minimum Gasteiger partial charge on any atom is -0.504 e. The molecule has 0 aliphatic carbocycles. The van der Waals surface area contributed by atoms with Crippen molar-refractivity contribution in [3.8, 4) is 11.5 Å². The zero-order chi connectivity index (χ0) is 9.14. The highest BCUT2D eigenvalue weighted by Crippen LogP contribution is 2.28. The fourth-order valence-electron chi connectivity index (χ4n) is 1.32. The molecule has 0 saturated heterocycles. The quantitative estimate of drug-likeness (QED) is 0.661. The minimum absolute atomic E-state index is 0.0240. The van der Waals surface area contributed by atoms with Crippen LogP contribution in [0.1, 0.15) is 25.0 Å². The zero-order valence-electron chi connectivity index (χ0n) is 7.46. The average Bonchev–Trinajstić information content (AvgIpc) is 2.09. The van der Waals surface area contributed by atoms with Gasteiger partial charge in [0.05, 0.1) is 0 Å². The lowest BCUT2D eigenvalue weighted by Crippen LogP contribution is -1.90. The normalized spacial score (nSPS) is 10.2. The van der Waals surface area contributed by atoms with Crippen LogP contribution in [0.5, 0.6) is 11.5 Å². The highest BCUT2D eigenvalue weighted by molar-refractivity contribution is 5.45. The van der Waals surface area contributed by atoms with Gasteiger partial charge in [-0.1, -0.05) is 13.8 Å². The maximum atomic E-state index is 9.20. The van der Waals surface area contributed by atoms with Gasteiger partial charge in [-0.15, -0.1) is 0 Å². The molecule has 0 aliphatic heterocycles. The molecule has 2 nitrogen and oxygen atoms in total. The summed E-state index contributed by atoms with van der Waals surface area (Å²) in [6.07, 6.45) is 1.77. The third kappa shape index (κ3) is 1.52. The maximum Gasteiger partial charge on any atom is 0.157 e. The number of aromatic hydroxyl groups is 2. The number of aryl methyl sites for hydroxylation is 2. The van der Waals surface area contributed by atoms with Crippen LogP contribution in [0.15, 0.2) is 12.1 Å². The van der Waals surface area contributed by atoms with Crippen molar-refractivity contribution >= 4 is 0 Å². The second-order valence-electron chi connectivity index (χ2n) is 2.82. The molecule has 0 atom stereocenters. The fraction of sp³-hybridized carbons (Fsp3) is 0.400. The van der Waals surface area contributed by atoms with Crippen LogP contribution in [-0.2, 0) is 12.8 Å². The van der Waals surface area contributed by atoms with E-state index in [0.717, 1.165) is 24.0 Å². The molecule has 66 valence electrons. The molecule has 0 aromatic heterocycles. The number of benzene rings is 1. The largest absolute Gasteiger partial charge is 0.504 e. The fourth-order valence-corrected chi connectivity index (χ4v) is 1.32. The average molecular weight is 166 g/mol. The summed E-state index contributed by atoms with van der Waals surface area (Å²) < 4.78 is 0. The first-order valence-electron chi connectivity index (χ1n) is 4.22. The molecule has 0 bridgehead atoms. The Labute approximate surface area is 72.5 Å². The van der Waals surface area contributed by atoms with Gasteiger partial charge in [-0.2, -0.15) is 0 Å². The maximum absolute atomic E-state index is 9.20. The summed E-state index contributed by atoms with van der Waals surface area (Å²) in [7, 11) is 0. The summed E-state index contributed by atoms with van der Waals surface area (Å²) in [4.78, 5) is 0. The van der Waals surface area contributed by atoms with E-state index in [1.54, 1.807) is 12.1 Å². The lowest BCUT2D eigenvalue weighted by molar-refractivity contribution is 0.402. The van der Waals surface area contributed by atoms with Crippen molar-refractivity contribution in [2.75, 3.05) is 0 Å². The van der Waals surface area contributed by atoms with E-state index in [1.165, 1.54) is 0 Å². The van der Waals surface area contributed by atoms with E-state index in [1.807, 2.05) is 13.8 Å². The van der Waals surface area contributed by atoms with Crippen molar-refractivity contribution in [2.45, 2.75) is 26.7 Å². The van der Waals surface area contributed by atoms with Crippen molar-refractivity contribution in [1.82, 2.24) is 0 Å². The summed E-state index contributed by atoms with van der Waals surface area (Å²) in [5.41, 5.74) is 2.21. The number of phenols is 2. The molecular formula is C10H14O2. The van der Waals surface area contributed by atoms with Gasteiger partial charge in [0.15, 0.2) is 11.5 Å². The standard InChI is InChI=1S/C10H14O2/c1-3-7-5-9(11)10(12)6-8(7)4-2/h5-6,11-12H,3-4H2,1-2H3. The van der Waals surface area contributed by atoms with Crippen LogP contribution in [0.2, 0.25) is 0 Å². The van der Waals surface area contributed by atoms with Crippen LogP contribution in [0, 0.1) is 0 Å². The lowest BCUT2D eigenvalue weighted by Gasteiger charge is -2.07. The number of rotatable bonds is 2. The Hall–Kier alpha value is -1.18. The SMILES string of the molecule is CCc1cc(O)c(O)cc1CC. The molecule has 0 unspecified atom stereocenters. The van der Waals surface area contributed by atoms with E-state index < -0.39 is 0 Å². The number of phenolic OH excluding ortho intramolecular Hbond substituents is 2. The molecule has 0 amide bonds. The Morgan fingerprint density at radius 2 is 1.25 bits per heavy atom. The van der Waals surface area contributed by atoms with Crippen LogP contribution in [-0.4, -0.2) is 10.2 Å². The summed E-state index contributed by atoms with van der Waals surface area (Å²) >= 11 is 0. The van der Waals surface area contributed by atoms with Crippen LogP contribution >= 0.6 is 0 Å². The van der Waals surface area contributed by atoms with E-state index in [0.29, 0.717) is 0 Å².